The number of anilines is 1. The zero-order chi connectivity index (χ0) is 14.6. The fraction of sp³-hybridized carbons (Fsp3) is 0.533. The lowest BCUT2D eigenvalue weighted by Crippen LogP contribution is -2.39. The molecule has 0 radical (unpaired) electrons. The van der Waals surface area contributed by atoms with Crippen LogP contribution in [0.15, 0.2) is 28.7 Å². The Kier molecular flexibility index (Phi) is 7.13. The molecule has 1 saturated heterocycles. The van der Waals surface area contributed by atoms with E-state index in [0.717, 1.165) is 29.8 Å². The van der Waals surface area contributed by atoms with E-state index < -0.39 is 0 Å². The Morgan fingerprint density at radius 1 is 1.48 bits per heavy atom. The number of carbonyl (C=O) groups is 1. The molecule has 2 rings (SSSR count). The quantitative estimate of drug-likeness (QED) is 0.830. The summed E-state index contributed by atoms with van der Waals surface area (Å²) in [7, 11) is 2.00. The first-order valence-electron chi connectivity index (χ1n) is 6.92. The highest BCUT2D eigenvalue weighted by atomic mass is 79.9. The standard InChI is InChI=1S/C15H22BrN3O.ClH/c1-15(7-8-17-10-15)11-19(2)9-14(20)18-13-6-4-3-5-12(13)16;/h3-6,17H,7-11H2,1-2H3,(H,18,20);1H. The monoisotopic (exact) mass is 375 g/mol. The molecule has 21 heavy (non-hydrogen) atoms. The van der Waals surface area contributed by atoms with E-state index in [9.17, 15) is 4.79 Å². The van der Waals surface area contributed by atoms with Crippen molar-refractivity contribution in [1.82, 2.24) is 10.2 Å². The summed E-state index contributed by atoms with van der Waals surface area (Å²) in [5.41, 5.74) is 1.10. The Bertz CT molecular complexity index is 478. The average molecular weight is 377 g/mol. The number of amides is 1. The molecule has 6 heteroatoms. The summed E-state index contributed by atoms with van der Waals surface area (Å²) < 4.78 is 0.906. The third kappa shape index (κ3) is 5.58. The number of halogens is 2. The van der Waals surface area contributed by atoms with Gasteiger partial charge in [-0.05, 0) is 53.5 Å². The normalized spacial score (nSPS) is 21.1. The van der Waals surface area contributed by atoms with E-state index in [1.807, 2.05) is 31.3 Å². The molecule has 1 aromatic carbocycles. The van der Waals surface area contributed by atoms with Gasteiger partial charge in [-0.25, -0.2) is 0 Å². The highest BCUT2D eigenvalue weighted by Crippen LogP contribution is 2.25. The van der Waals surface area contributed by atoms with Gasteiger partial charge < -0.3 is 10.6 Å². The highest BCUT2D eigenvalue weighted by molar-refractivity contribution is 9.10. The first kappa shape index (κ1) is 18.4. The van der Waals surface area contributed by atoms with Crippen molar-refractivity contribution in [2.45, 2.75) is 13.3 Å². The smallest absolute Gasteiger partial charge is 0.238 e. The molecule has 1 unspecified atom stereocenters. The number of nitrogens with zero attached hydrogens (tertiary/aromatic N) is 1. The Morgan fingerprint density at radius 2 is 2.19 bits per heavy atom. The molecule has 1 aromatic rings. The van der Waals surface area contributed by atoms with Gasteiger partial charge >= 0.3 is 0 Å². The van der Waals surface area contributed by atoms with E-state index in [1.54, 1.807) is 0 Å². The van der Waals surface area contributed by atoms with Crippen LogP contribution in [0.4, 0.5) is 5.69 Å². The lowest BCUT2D eigenvalue weighted by atomic mass is 9.89. The van der Waals surface area contributed by atoms with Gasteiger partial charge in [0.15, 0.2) is 0 Å². The highest BCUT2D eigenvalue weighted by Gasteiger charge is 2.30. The lowest BCUT2D eigenvalue weighted by Gasteiger charge is -2.28. The van der Waals surface area contributed by atoms with Crippen LogP contribution in [-0.2, 0) is 4.79 Å². The molecule has 0 bridgehead atoms. The van der Waals surface area contributed by atoms with E-state index in [4.69, 9.17) is 0 Å². The maximum absolute atomic E-state index is 12.1. The minimum Gasteiger partial charge on any atom is -0.324 e. The summed E-state index contributed by atoms with van der Waals surface area (Å²) in [5, 5.41) is 6.32. The van der Waals surface area contributed by atoms with Gasteiger partial charge in [0.05, 0.1) is 12.2 Å². The largest absolute Gasteiger partial charge is 0.324 e. The van der Waals surface area contributed by atoms with Crippen LogP contribution in [0.2, 0.25) is 0 Å². The molecule has 0 aliphatic carbocycles. The number of benzene rings is 1. The van der Waals surface area contributed by atoms with Crippen LogP contribution >= 0.6 is 28.3 Å². The van der Waals surface area contributed by atoms with Crippen LogP contribution in [-0.4, -0.2) is 44.0 Å². The third-order valence-corrected chi connectivity index (χ3v) is 4.36. The maximum Gasteiger partial charge on any atom is 0.238 e. The molecule has 1 aliphatic rings. The Hall–Kier alpha value is -0.620. The third-order valence-electron chi connectivity index (χ3n) is 3.67. The molecular weight excluding hydrogens is 354 g/mol. The molecule has 1 atom stereocenters. The Morgan fingerprint density at radius 3 is 2.81 bits per heavy atom. The minimum atomic E-state index is 0. The minimum absolute atomic E-state index is 0. The fourth-order valence-electron chi connectivity index (χ4n) is 2.71. The zero-order valence-electron chi connectivity index (χ0n) is 12.5. The van der Waals surface area contributed by atoms with Crippen molar-refractivity contribution in [3.63, 3.8) is 0 Å². The van der Waals surface area contributed by atoms with Crippen LogP contribution in [0, 0.1) is 5.41 Å². The number of carbonyl (C=O) groups excluding carboxylic acids is 1. The second-order valence-corrected chi connectivity index (χ2v) is 6.79. The van der Waals surface area contributed by atoms with Gasteiger partial charge in [0, 0.05) is 17.6 Å². The number of nitrogens with one attached hydrogen (secondary N) is 2. The molecule has 0 spiro atoms. The molecule has 2 N–H and O–H groups in total. The van der Waals surface area contributed by atoms with E-state index in [0.29, 0.717) is 6.54 Å². The first-order chi connectivity index (χ1) is 9.48. The van der Waals surface area contributed by atoms with Crippen molar-refractivity contribution in [2.75, 3.05) is 38.5 Å². The Balaban J connectivity index is 0.00000220. The summed E-state index contributed by atoms with van der Waals surface area (Å²) in [5.74, 6) is 0.0222. The van der Waals surface area contributed by atoms with Crippen LogP contribution in [0.1, 0.15) is 13.3 Å². The molecule has 1 heterocycles. The summed E-state index contributed by atoms with van der Waals surface area (Å²) in [6, 6.07) is 7.66. The first-order valence-corrected chi connectivity index (χ1v) is 7.71. The van der Waals surface area contributed by atoms with Gasteiger partial charge in [-0.1, -0.05) is 19.1 Å². The van der Waals surface area contributed by atoms with Gasteiger partial charge in [-0.3, -0.25) is 9.69 Å². The van der Waals surface area contributed by atoms with Crippen LogP contribution in [0.5, 0.6) is 0 Å². The Labute approximate surface area is 141 Å². The van der Waals surface area contributed by atoms with Crippen molar-refractivity contribution < 1.29 is 4.79 Å². The molecule has 1 aliphatic heterocycles. The van der Waals surface area contributed by atoms with E-state index >= 15 is 0 Å². The topological polar surface area (TPSA) is 44.4 Å². The average Bonchev–Trinajstić information content (AvgIpc) is 2.78. The molecule has 0 aromatic heterocycles. The van der Waals surface area contributed by atoms with Gasteiger partial charge in [0.2, 0.25) is 5.91 Å². The van der Waals surface area contributed by atoms with E-state index in [1.165, 1.54) is 6.42 Å². The van der Waals surface area contributed by atoms with E-state index in [2.05, 4.69) is 38.4 Å². The van der Waals surface area contributed by atoms with Gasteiger partial charge in [0.25, 0.3) is 0 Å². The summed E-state index contributed by atoms with van der Waals surface area (Å²) in [4.78, 5) is 14.2. The van der Waals surface area contributed by atoms with Crippen LogP contribution < -0.4 is 10.6 Å². The maximum atomic E-state index is 12.1. The molecule has 1 amide bonds. The number of hydrogen-bond acceptors (Lipinski definition) is 3. The second-order valence-electron chi connectivity index (χ2n) is 5.94. The molecule has 1 fully saturated rings. The summed E-state index contributed by atoms with van der Waals surface area (Å²) in [6.07, 6.45) is 1.17. The lowest BCUT2D eigenvalue weighted by molar-refractivity contribution is -0.117. The van der Waals surface area contributed by atoms with Crippen molar-refractivity contribution in [3.8, 4) is 0 Å². The number of rotatable bonds is 5. The fourth-order valence-corrected chi connectivity index (χ4v) is 3.09. The molecule has 4 nitrogen and oxygen atoms in total. The van der Waals surface area contributed by atoms with Crippen molar-refractivity contribution >= 4 is 39.9 Å². The number of likely N-dealkylation sites (N-methyl/N-ethyl adjacent to an activating group) is 1. The molecule has 118 valence electrons. The van der Waals surface area contributed by atoms with Gasteiger partial charge in [0.1, 0.15) is 0 Å². The predicted octanol–water partition coefficient (Wildman–Crippen LogP) is 2.74. The van der Waals surface area contributed by atoms with Crippen molar-refractivity contribution in [1.29, 1.82) is 0 Å². The second kappa shape index (κ2) is 8.13. The number of hydrogen-bond donors (Lipinski definition) is 2. The van der Waals surface area contributed by atoms with Crippen LogP contribution in [0.25, 0.3) is 0 Å². The predicted molar refractivity (Wildman–Crippen MR) is 93.1 cm³/mol. The van der Waals surface area contributed by atoms with Gasteiger partial charge in [-0.2, -0.15) is 0 Å². The zero-order valence-corrected chi connectivity index (χ0v) is 14.9. The summed E-state index contributed by atoms with van der Waals surface area (Å²) in [6.45, 7) is 5.73. The van der Waals surface area contributed by atoms with Crippen LogP contribution in [0.3, 0.4) is 0 Å². The number of para-hydroxylation sites is 1. The van der Waals surface area contributed by atoms with Crippen molar-refractivity contribution in [2.24, 2.45) is 5.41 Å². The van der Waals surface area contributed by atoms with E-state index in [-0.39, 0.29) is 23.7 Å². The molecule has 0 saturated carbocycles. The summed E-state index contributed by atoms with van der Waals surface area (Å²) >= 11 is 3.43. The van der Waals surface area contributed by atoms with Crippen molar-refractivity contribution in [3.05, 3.63) is 28.7 Å². The van der Waals surface area contributed by atoms with Gasteiger partial charge in [-0.15, -0.1) is 12.4 Å². The molecular formula is C15H23BrClN3O. The SMILES string of the molecule is CN(CC(=O)Nc1ccccc1Br)CC1(C)CCNC1.Cl.